The standard InChI is InChI=1S/C21H20N2O4/c1-2-8-18-17(21(26)23(22-18)16-10-4-3-5-11-16)13-15-9-6-7-12-19(15)27-14-20(24)25/h3-7,9-13H,2,8,14H2,1H3,(H,24,25)/b17-13-. The summed E-state index contributed by atoms with van der Waals surface area (Å²) < 4.78 is 5.34. The summed E-state index contributed by atoms with van der Waals surface area (Å²) in [4.78, 5) is 23.8. The van der Waals surface area contributed by atoms with E-state index >= 15 is 0 Å². The number of hydrogen-bond donors (Lipinski definition) is 1. The molecule has 0 bridgehead atoms. The van der Waals surface area contributed by atoms with Gasteiger partial charge in [-0.05, 0) is 30.7 Å². The van der Waals surface area contributed by atoms with Gasteiger partial charge in [-0.25, -0.2) is 4.79 Å². The molecule has 1 aliphatic heterocycles. The Kier molecular flexibility index (Phi) is 5.66. The van der Waals surface area contributed by atoms with Crippen LogP contribution in [0.3, 0.4) is 0 Å². The van der Waals surface area contributed by atoms with Crippen molar-refractivity contribution in [2.24, 2.45) is 5.10 Å². The van der Waals surface area contributed by atoms with Crippen molar-refractivity contribution < 1.29 is 19.4 Å². The molecular formula is C21H20N2O4. The number of nitrogens with zero attached hydrogens (tertiary/aromatic N) is 2. The first kappa shape index (κ1) is 18.4. The number of benzene rings is 2. The summed E-state index contributed by atoms with van der Waals surface area (Å²) in [5, 5.41) is 14.8. The highest BCUT2D eigenvalue weighted by atomic mass is 16.5. The molecule has 2 aromatic carbocycles. The maximum atomic E-state index is 13.0. The molecule has 0 saturated carbocycles. The molecule has 3 rings (SSSR count). The summed E-state index contributed by atoms with van der Waals surface area (Å²) in [6.07, 6.45) is 3.24. The fourth-order valence-corrected chi connectivity index (χ4v) is 2.79. The average Bonchev–Trinajstić information content (AvgIpc) is 2.98. The second-order valence-corrected chi connectivity index (χ2v) is 6.03. The number of carbonyl (C=O) groups excluding carboxylic acids is 1. The number of carbonyl (C=O) groups is 2. The van der Waals surface area contributed by atoms with Crippen LogP contribution in [0.25, 0.3) is 6.08 Å². The molecule has 6 heteroatoms. The Labute approximate surface area is 157 Å². The number of ether oxygens (including phenoxy) is 1. The number of hydrogen-bond acceptors (Lipinski definition) is 4. The van der Waals surface area contributed by atoms with Crippen LogP contribution in [-0.2, 0) is 9.59 Å². The fraction of sp³-hybridized carbons (Fsp3) is 0.190. The highest BCUT2D eigenvalue weighted by Gasteiger charge is 2.30. The van der Waals surface area contributed by atoms with E-state index in [2.05, 4.69) is 5.10 Å². The molecule has 0 aliphatic carbocycles. The van der Waals surface area contributed by atoms with Gasteiger partial charge in [0, 0.05) is 5.56 Å². The van der Waals surface area contributed by atoms with Crippen LogP contribution in [0.15, 0.2) is 65.3 Å². The third-order valence-electron chi connectivity index (χ3n) is 4.01. The lowest BCUT2D eigenvalue weighted by molar-refractivity contribution is -0.139. The van der Waals surface area contributed by atoms with Crippen molar-refractivity contribution in [3.05, 3.63) is 65.7 Å². The third kappa shape index (κ3) is 4.23. The normalized spacial score (nSPS) is 15.1. The smallest absolute Gasteiger partial charge is 0.341 e. The van der Waals surface area contributed by atoms with E-state index in [-0.39, 0.29) is 5.91 Å². The molecule has 0 radical (unpaired) electrons. The van der Waals surface area contributed by atoms with E-state index in [4.69, 9.17) is 9.84 Å². The topological polar surface area (TPSA) is 79.2 Å². The minimum absolute atomic E-state index is 0.210. The molecule has 2 aromatic rings. The minimum Gasteiger partial charge on any atom is -0.481 e. The zero-order valence-corrected chi connectivity index (χ0v) is 15.0. The highest BCUT2D eigenvalue weighted by molar-refractivity contribution is 6.32. The van der Waals surface area contributed by atoms with Crippen LogP contribution in [-0.4, -0.2) is 29.3 Å². The Bertz CT molecular complexity index is 903. The second-order valence-electron chi connectivity index (χ2n) is 6.03. The van der Waals surface area contributed by atoms with Crippen LogP contribution in [0, 0.1) is 0 Å². The number of aliphatic carboxylic acids is 1. The zero-order chi connectivity index (χ0) is 19.2. The van der Waals surface area contributed by atoms with Crippen LogP contribution in [0.4, 0.5) is 5.69 Å². The van der Waals surface area contributed by atoms with Crippen molar-refractivity contribution >= 4 is 29.4 Å². The average molecular weight is 364 g/mol. The molecule has 1 aliphatic rings. The molecule has 1 N–H and O–H groups in total. The number of carboxylic acid groups (broad SMARTS) is 1. The Morgan fingerprint density at radius 3 is 2.56 bits per heavy atom. The predicted octanol–water partition coefficient (Wildman–Crippen LogP) is 3.74. The molecule has 0 atom stereocenters. The number of carboxylic acids is 1. The van der Waals surface area contributed by atoms with Gasteiger partial charge in [0.1, 0.15) is 5.75 Å². The number of para-hydroxylation sites is 2. The number of anilines is 1. The van der Waals surface area contributed by atoms with E-state index < -0.39 is 12.6 Å². The monoisotopic (exact) mass is 364 g/mol. The van der Waals surface area contributed by atoms with Crippen LogP contribution in [0.2, 0.25) is 0 Å². The van der Waals surface area contributed by atoms with Crippen LogP contribution in [0.1, 0.15) is 25.3 Å². The van der Waals surface area contributed by atoms with Crippen molar-refractivity contribution in [2.75, 3.05) is 11.6 Å². The molecule has 1 heterocycles. The molecule has 0 unspecified atom stereocenters. The van der Waals surface area contributed by atoms with Gasteiger partial charge in [-0.2, -0.15) is 10.1 Å². The third-order valence-corrected chi connectivity index (χ3v) is 4.01. The zero-order valence-electron chi connectivity index (χ0n) is 15.0. The van der Waals surface area contributed by atoms with E-state index in [9.17, 15) is 9.59 Å². The summed E-state index contributed by atoms with van der Waals surface area (Å²) >= 11 is 0. The summed E-state index contributed by atoms with van der Waals surface area (Å²) in [5.74, 6) is -0.857. The molecule has 138 valence electrons. The molecule has 0 spiro atoms. The van der Waals surface area contributed by atoms with Crippen molar-refractivity contribution in [1.82, 2.24) is 0 Å². The molecule has 27 heavy (non-hydrogen) atoms. The largest absolute Gasteiger partial charge is 0.481 e. The lowest BCUT2D eigenvalue weighted by atomic mass is 10.0. The van der Waals surface area contributed by atoms with E-state index in [1.54, 1.807) is 24.3 Å². The number of hydrazone groups is 1. The predicted molar refractivity (Wildman–Crippen MR) is 104 cm³/mol. The van der Waals surface area contributed by atoms with Gasteiger partial charge in [0.25, 0.3) is 5.91 Å². The van der Waals surface area contributed by atoms with Crippen LogP contribution >= 0.6 is 0 Å². The molecule has 0 saturated heterocycles. The van der Waals surface area contributed by atoms with Gasteiger partial charge in [-0.1, -0.05) is 49.7 Å². The van der Waals surface area contributed by atoms with Crippen molar-refractivity contribution in [3.8, 4) is 5.75 Å². The summed E-state index contributed by atoms with van der Waals surface area (Å²) in [6, 6.07) is 16.3. The first-order valence-corrected chi connectivity index (χ1v) is 8.73. The maximum absolute atomic E-state index is 13.0. The Morgan fingerprint density at radius 2 is 1.85 bits per heavy atom. The lowest BCUT2D eigenvalue weighted by Gasteiger charge is -2.11. The van der Waals surface area contributed by atoms with Crippen molar-refractivity contribution in [2.45, 2.75) is 19.8 Å². The van der Waals surface area contributed by atoms with E-state index in [1.165, 1.54) is 5.01 Å². The van der Waals surface area contributed by atoms with Crippen molar-refractivity contribution in [3.63, 3.8) is 0 Å². The second kappa shape index (κ2) is 8.31. The summed E-state index contributed by atoms with van der Waals surface area (Å²) in [6.45, 7) is 1.58. The van der Waals surface area contributed by atoms with Gasteiger partial charge in [-0.15, -0.1) is 0 Å². The van der Waals surface area contributed by atoms with Gasteiger partial charge in [0.15, 0.2) is 6.61 Å². The van der Waals surface area contributed by atoms with E-state index in [0.29, 0.717) is 34.7 Å². The number of amides is 1. The molecule has 6 nitrogen and oxygen atoms in total. The van der Waals surface area contributed by atoms with Gasteiger partial charge >= 0.3 is 5.97 Å². The minimum atomic E-state index is -1.06. The van der Waals surface area contributed by atoms with Gasteiger partial charge in [-0.3, -0.25) is 4.79 Å². The first-order chi connectivity index (χ1) is 13.1. The van der Waals surface area contributed by atoms with Gasteiger partial charge < -0.3 is 9.84 Å². The molecule has 0 fully saturated rings. The molecular weight excluding hydrogens is 344 g/mol. The Morgan fingerprint density at radius 1 is 1.15 bits per heavy atom. The van der Waals surface area contributed by atoms with E-state index in [1.807, 2.05) is 43.3 Å². The van der Waals surface area contributed by atoms with Gasteiger partial charge in [0.2, 0.25) is 0 Å². The van der Waals surface area contributed by atoms with Crippen LogP contribution < -0.4 is 9.75 Å². The highest BCUT2D eigenvalue weighted by Crippen LogP contribution is 2.28. The SMILES string of the molecule is CCCC1=NN(c2ccccc2)C(=O)/C1=C\c1ccccc1OCC(=O)O. The Balaban J connectivity index is 1.96. The molecule has 0 aromatic heterocycles. The summed E-state index contributed by atoms with van der Waals surface area (Å²) in [5.41, 5.74) is 2.54. The Hall–Kier alpha value is -3.41. The summed E-state index contributed by atoms with van der Waals surface area (Å²) in [7, 11) is 0. The van der Waals surface area contributed by atoms with Crippen molar-refractivity contribution in [1.29, 1.82) is 0 Å². The first-order valence-electron chi connectivity index (χ1n) is 8.73. The lowest BCUT2D eigenvalue weighted by Crippen LogP contribution is -2.21. The molecule has 1 amide bonds. The fourth-order valence-electron chi connectivity index (χ4n) is 2.79. The maximum Gasteiger partial charge on any atom is 0.341 e. The van der Waals surface area contributed by atoms with Gasteiger partial charge in [0.05, 0.1) is 17.0 Å². The number of rotatable bonds is 7. The van der Waals surface area contributed by atoms with E-state index in [0.717, 1.165) is 6.42 Å². The van der Waals surface area contributed by atoms with Crippen LogP contribution in [0.5, 0.6) is 5.75 Å². The quantitative estimate of drug-likeness (QED) is 0.759.